The zero-order chi connectivity index (χ0) is 15.7. The van der Waals surface area contributed by atoms with Crippen molar-refractivity contribution in [1.29, 1.82) is 0 Å². The van der Waals surface area contributed by atoms with Gasteiger partial charge in [-0.25, -0.2) is 0 Å². The molecule has 1 aromatic heterocycles. The number of hydrogen-bond donors (Lipinski definition) is 0. The Morgan fingerprint density at radius 2 is 2.05 bits per heavy atom. The summed E-state index contributed by atoms with van der Waals surface area (Å²) in [5, 5.41) is 0. The standard InChI is InChI=1S/C17H15NO2S2/c1-3-12-6-4-5-7-14(12)18-16(19)15(22-17(18)21)10-13-9-8-11(2)20-13/h4-10H,3H2,1-2H3. The Kier molecular flexibility index (Phi) is 4.18. The van der Waals surface area contributed by atoms with Crippen LogP contribution in [-0.2, 0) is 11.2 Å². The van der Waals surface area contributed by atoms with Crippen LogP contribution in [0.25, 0.3) is 6.08 Å². The number of nitrogens with zero attached hydrogens (tertiary/aromatic N) is 1. The number of para-hydroxylation sites is 1. The van der Waals surface area contributed by atoms with Gasteiger partial charge in [0, 0.05) is 6.08 Å². The zero-order valence-electron chi connectivity index (χ0n) is 12.3. The fourth-order valence-corrected chi connectivity index (χ4v) is 3.63. The van der Waals surface area contributed by atoms with E-state index in [2.05, 4.69) is 6.92 Å². The van der Waals surface area contributed by atoms with Crippen molar-refractivity contribution in [2.75, 3.05) is 4.90 Å². The zero-order valence-corrected chi connectivity index (χ0v) is 14.0. The molecule has 1 saturated heterocycles. The first-order valence-corrected chi connectivity index (χ1v) is 8.25. The number of thioether (sulfide) groups is 1. The number of hydrogen-bond acceptors (Lipinski definition) is 4. The Morgan fingerprint density at radius 1 is 1.27 bits per heavy atom. The summed E-state index contributed by atoms with van der Waals surface area (Å²) < 4.78 is 6.07. The number of carbonyl (C=O) groups excluding carboxylic acids is 1. The molecule has 2 heterocycles. The second-order valence-corrected chi connectivity index (χ2v) is 6.62. The molecular weight excluding hydrogens is 314 g/mol. The lowest BCUT2D eigenvalue weighted by molar-refractivity contribution is -0.113. The highest BCUT2D eigenvalue weighted by atomic mass is 32.2. The molecule has 2 aromatic rings. The van der Waals surface area contributed by atoms with E-state index in [-0.39, 0.29) is 5.91 Å². The molecular formula is C17H15NO2S2. The predicted octanol–water partition coefficient (Wildman–Crippen LogP) is 4.56. The molecule has 1 fully saturated rings. The summed E-state index contributed by atoms with van der Waals surface area (Å²) in [6.07, 6.45) is 2.60. The van der Waals surface area contributed by atoms with E-state index in [4.69, 9.17) is 16.6 Å². The van der Waals surface area contributed by atoms with Gasteiger partial charge in [0.2, 0.25) is 0 Å². The van der Waals surface area contributed by atoms with E-state index < -0.39 is 0 Å². The number of carbonyl (C=O) groups is 1. The van der Waals surface area contributed by atoms with Gasteiger partial charge in [0.1, 0.15) is 11.5 Å². The molecule has 1 aliphatic rings. The Labute approximate surface area is 139 Å². The number of furan rings is 1. The third-order valence-corrected chi connectivity index (χ3v) is 4.74. The van der Waals surface area contributed by atoms with Crippen LogP contribution in [0.3, 0.4) is 0 Å². The lowest BCUT2D eigenvalue weighted by atomic mass is 10.1. The number of anilines is 1. The van der Waals surface area contributed by atoms with Crippen LogP contribution in [0.1, 0.15) is 24.0 Å². The Hall–Kier alpha value is -1.85. The Balaban J connectivity index is 1.97. The molecule has 0 radical (unpaired) electrons. The third-order valence-electron chi connectivity index (χ3n) is 3.44. The molecule has 0 N–H and O–H groups in total. The lowest BCUT2D eigenvalue weighted by Crippen LogP contribution is -2.28. The van der Waals surface area contributed by atoms with E-state index in [0.717, 1.165) is 23.4 Å². The fraction of sp³-hybridized carbons (Fsp3) is 0.176. The van der Waals surface area contributed by atoms with Gasteiger partial charge in [-0.1, -0.05) is 49.1 Å². The topological polar surface area (TPSA) is 33.5 Å². The minimum atomic E-state index is -0.0926. The maximum atomic E-state index is 12.7. The van der Waals surface area contributed by atoms with Crippen molar-refractivity contribution in [3.63, 3.8) is 0 Å². The molecule has 0 saturated carbocycles. The number of thiocarbonyl (C=S) groups is 1. The lowest BCUT2D eigenvalue weighted by Gasteiger charge is -2.17. The molecule has 22 heavy (non-hydrogen) atoms. The molecule has 112 valence electrons. The van der Waals surface area contributed by atoms with Crippen molar-refractivity contribution in [2.24, 2.45) is 0 Å². The highest BCUT2D eigenvalue weighted by Crippen LogP contribution is 2.37. The minimum Gasteiger partial charge on any atom is -0.462 e. The summed E-state index contributed by atoms with van der Waals surface area (Å²) in [6, 6.07) is 11.6. The maximum absolute atomic E-state index is 12.7. The van der Waals surface area contributed by atoms with Crippen LogP contribution < -0.4 is 4.90 Å². The maximum Gasteiger partial charge on any atom is 0.270 e. The SMILES string of the molecule is CCc1ccccc1N1C(=O)C(=Cc2ccc(C)o2)SC1=S. The van der Waals surface area contributed by atoms with Gasteiger partial charge in [-0.3, -0.25) is 9.69 Å². The summed E-state index contributed by atoms with van der Waals surface area (Å²) in [5.41, 5.74) is 1.97. The van der Waals surface area contributed by atoms with Gasteiger partial charge < -0.3 is 4.42 Å². The Bertz CT molecular complexity index is 776. The van der Waals surface area contributed by atoms with Crippen molar-refractivity contribution < 1.29 is 9.21 Å². The first-order valence-electron chi connectivity index (χ1n) is 7.02. The summed E-state index contributed by atoms with van der Waals surface area (Å²) in [6.45, 7) is 3.94. The number of amides is 1. The van der Waals surface area contributed by atoms with Crippen molar-refractivity contribution in [3.8, 4) is 0 Å². The minimum absolute atomic E-state index is 0.0926. The second kappa shape index (κ2) is 6.10. The quantitative estimate of drug-likeness (QED) is 0.611. The highest BCUT2D eigenvalue weighted by Gasteiger charge is 2.34. The summed E-state index contributed by atoms with van der Waals surface area (Å²) in [5.74, 6) is 1.39. The van der Waals surface area contributed by atoms with Crippen molar-refractivity contribution in [2.45, 2.75) is 20.3 Å². The molecule has 3 rings (SSSR count). The summed E-state index contributed by atoms with van der Waals surface area (Å²) >= 11 is 6.71. The van der Waals surface area contributed by atoms with Gasteiger partial charge in [0.15, 0.2) is 4.32 Å². The summed E-state index contributed by atoms with van der Waals surface area (Å²) in [7, 11) is 0. The van der Waals surface area contributed by atoms with Crippen LogP contribution in [0.2, 0.25) is 0 Å². The van der Waals surface area contributed by atoms with Gasteiger partial charge in [-0.15, -0.1) is 0 Å². The second-order valence-electron chi connectivity index (χ2n) is 4.95. The van der Waals surface area contributed by atoms with Crippen molar-refractivity contribution in [3.05, 3.63) is 58.4 Å². The van der Waals surface area contributed by atoms with Crippen LogP contribution >= 0.6 is 24.0 Å². The number of aryl methyl sites for hydroxylation is 2. The van der Waals surface area contributed by atoms with E-state index in [1.54, 1.807) is 11.0 Å². The third kappa shape index (κ3) is 2.74. The summed E-state index contributed by atoms with van der Waals surface area (Å²) in [4.78, 5) is 14.9. The molecule has 0 atom stereocenters. The first kappa shape index (κ1) is 15.1. The molecule has 0 spiro atoms. The predicted molar refractivity (Wildman–Crippen MR) is 94.9 cm³/mol. The van der Waals surface area contributed by atoms with Crippen LogP contribution in [0.15, 0.2) is 45.7 Å². The van der Waals surface area contributed by atoms with Gasteiger partial charge in [-0.05, 0) is 37.1 Å². The van der Waals surface area contributed by atoms with Crippen LogP contribution in [0.5, 0.6) is 0 Å². The number of rotatable bonds is 3. The average Bonchev–Trinajstić information content (AvgIpc) is 3.03. The van der Waals surface area contributed by atoms with Crippen molar-refractivity contribution >= 4 is 46.0 Å². The fourth-order valence-electron chi connectivity index (χ4n) is 2.36. The van der Waals surface area contributed by atoms with E-state index in [0.29, 0.717) is 15.0 Å². The molecule has 3 nitrogen and oxygen atoms in total. The average molecular weight is 329 g/mol. The Morgan fingerprint density at radius 3 is 2.73 bits per heavy atom. The van der Waals surface area contributed by atoms with E-state index in [9.17, 15) is 4.79 Å². The molecule has 1 aliphatic heterocycles. The van der Waals surface area contributed by atoms with E-state index in [1.807, 2.05) is 43.3 Å². The van der Waals surface area contributed by atoms with E-state index in [1.165, 1.54) is 11.8 Å². The molecule has 1 amide bonds. The van der Waals surface area contributed by atoms with Crippen LogP contribution in [0, 0.1) is 6.92 Å². The van der Waals surface area contributed by atoms with E-state index >= 15 is 0 Å². The molecule has 1 aromatic carbocycles. The monoisotopic (exact) mass is 329 g/mol. The molecule has 5 heteroatoms. The molecule has 0 aliphatic carbocycles. The smallest absolute Gasteiger partial charge is 0.270 e. The van der Waals surface area contributed by atoms with Gasteiger partial charge in [0.05, 0.1) is 10.6 Å². The normalized spacial score (nSPS) is 16.8. The van der Waals surface area contributed by atoms with Crippen molar-refractivity contribution in [1.82, 2.24) is 0 Å². The highest BCUT2D eigenvalue weighted by molar-refractivity contribution is 8.27. The van der Waals surface area contributed by atoms with Gasteiger partial charge in [-0.2, -0.15) is 0 Å². The van der Waals surface area contributed by atoms with Crippen LogP contribution in [-0.4, -0.2) is 10.2 Å². The number of benzene rings is 1. The van der Waals surface area contributed by atoms with Gasteiger partial charge >= 0.3 is 0 Å². The molecule has 0 unspecified atom stereocenters. The van der Waals surface area contributed by atoms with Crippen LogP contribution in [0.4, 0.5) is 5.69 Å². The molecule has 0 bridgehead atoms. The largest absolute Gasteiger partial charge is 0.462 e. The van der Waals surface area contributed by atoms with Gasteiger partial charge in [0.25, 0.3) is 5.91 Å². The first-order chi connectivity index (χ1) is 10.6.